The van der Waals surface area contributed by atoms with Crippen molar-refractivity contribution in [2.45, 2.75) is 51.9 Å². The van der Waals surface area contributed by atoms with Crippen LogP contribution in [0.25, 0.3) is 0 Å². The predicted octanol–water partition coefficient (Wildman–Crippen LogP) is 0.363. The van der Waals surface area contributed by atoms with Crippen molar-refractivity contribution in [1.29, 1.82) is 0 Å². The minimum Gasteiger partial charge on any atom is -0.723 e. The van der Waals surface area contributed by atoms with E-state index in [1.54, 1.807) is 0 Å². The number of unbranched alkanes of at least 4 members (excludes halogenated alkanes) is 5. The average Bonchev–Trinajstić information content (AvgIpc) is 2.50. The van der Waals surface area contributed by atoms with E-state index < -0.39 is 16.4 Å². The second-order valence-corrected chi connectivity index (χ2v) is 5.56. The van der Waals surface area contributed by atoms with Crippen LogP contribution in [0.15, 0.2) is 36.4 Å². The zero-order valence-electron chi connectivity index (χ0n) is 13.8. The third-order valence-electron chi connectivity index (χ3n) is 2.61. The van der Waals surface area contributed by atoms with Gasteiger partial charge in [-0.25, -0.2) is 13.2 Å². The SMILES string of the molecule is CCCCCCCCC(=O)OOS(=O)(=O)[O-].[Na+].c1ccccc1. The molecule has 0 bridgehead atoms. The van der Waals surface area contributed by atoms with Gasteiger partial charge in [0.2, 0.25) is 0 Å². The second kappa shape index (κ2) is 16.4. The van der Waals surface area contributed by atoms with Crippen LogP contribution >= 0.6 is 0 Å². The Bertz CT molecular complexity index is 451. The van der Waals surface area contributed by atoms with Gasteiger partial charge in [0.1, 0.15) is 0 Å². The number of hydrogen-bond donors (Lipinski definition) is 0. The van der Waals surface area contributed by atoms with E-state index in [9.17, 15) is 17.8 Å². The van der Waals surface area contributed by atoms with Gasteiger partial charge >= 0.3 is 35.5 Å². The van der Waals surface area contributed by atoms with Gasteiger partial charge in [-0.15, -0.1) is 0 Å². The van der Waals surface area contributed by atoms with Crippen LogP contribution < -0.4 is 29.6 Å². The molecule has 0 radical (unpaired) electrons. The first-order valence-electron chi connectivity index (χ1n) is 7.30. The third-order valence-corrected chi connectivity index (χ3v) is 2.85. The molecule has 1 aromatic rings. The minimum absolute atomic E-state index is 0. The molecular weight excluding hydrogens is 331 g/mol. The smallest absolute Gasteiger partial charge is 0.723 e. The Morgan fingerprint density at radius 3 is 1.78 bits per heavy atom. The van der Waals surface area contributed by atoms with E-state index in [4.69, 9.17) is 0 Å². The van der Waals surface area contributed by atoms with Crippen LogP contribution in [-0.4, -0.2) is 18.9 Å². The zero-order valence-corrected chi connectivity index (χ0v) is 16.6. The zero-order chi connectivity index (χ0) is 16.7. The molecule has 0 fully saturated rings. The van der Waals surface area contributed by atoms with Gasteiger partial charge in [0.05, 0.1) is 0 Å². The summed E-state index contributed by atoms with van der Waals surface area (Å²) < 4.78 is 33.1. The molecule has 0 unspecified atom stereocenters. The second-order valence-electron chi connectivity index (χ2n) is 4.60. The molecule has 23 heavy (non-hydrogen) atoms. The van der Waals surface area contributed by atoms with Crippen molar-refractivity contribution in [3.8, 4) is 0 Å². The molecular formula is C15H23NaO6S. The number of carbonyl (C=O) groups excluding carboxylic acids is 1. The van der Waals surface area contributed by atoms with Crippen LogP contribution in [0.4, 0.5) is 0 Å². The molecule has 0 atom stereocenters. The third kappa shape index (κ3) is 21.6. The first-order valence-corrected chi connectivity index (χ1v) is 8.64. The Morgan fingerprint density at radius 2 is 1.35 bits per heavy atom. The summed E-state index contributed by atoms with van der Waals surface area (Å²) in [5.74, 6) is -0.838. The Balaban J connectivity index is 0. The molecule has 0 aliphatic carbocycles. The molecule has 0 saturated carbocycles. The fraction of sp³-hybridized carbons (Fsp3) is 0.533. The summed E-state index contributed by atoms with van der Waals surface area (Å²) in [6.45, 7) is 2.11. The molecule has 6 nitrogen and oxygen atoms in total. The van der Waals surface area contributed by atoms with Gasteiger partial charge in [-0.05, 0) is 6.42 Å². The molecule has 0 heterocycles. The molecule has 0 N–H and O–H groups in total. The van der Waals surface area contributed by atoms with Crippen molar-refractivity contribution in [2.24, 2.45) is 0 Å². The van der Waals surface area contributed by atoms with Crippen LogP contribution in [0.2, 0.25) is 0 Å². The van der Waals surface area contributed by atoms with Crippen molar-refractivity contribution in [3.05, 3.63) is 36.4 Å². The fourth-order valence-corrected chi connectivity index (χ4v) is 1.72. The van der Waals surface area contributed by atoms with Crippen molar-refractivity contribution in [3.63, 3.8) is 0 Å². The van der Waals surface area contributed by atoms with Gasteiger partial charge in [0.25, 0.3) is 10.4 Å². The van der Waals surface area contributed by atoms with Crippen LogP contribution in [0, 0.1) is 0 Å². The van der Waals surface area contributed by atoms with Crippen LogP contribution in [-0.2, 0) is 24.4 Å². The van der Waals surface area contributed by atoms with Gasteiger partial charge in [0, 0.05) is 6.42 Å². The maximum atomic E-state index is 10.8. The summed E-state index contributed by atoms with van der Waals surface area (Å²) in [4.78, 5) is 14.6. The van der Waals surface area contributed by atoms with E-state index in [-0.39, 0.29) is 36.0 Å². The fourth-order valence-electron chi connectivity index (χ4n) is 1.56. The molecule has 0 aromatic heterocycles. The topological polar surface area (TPSA) is 92.7 Å². The van der Waals surface area contributed by atoms with Gasteiger partial charge in [-0.1, -0.05) is 79.8 Å². The molecule has 1 aromatic carbocycles. The first-order chi connectivity index (χ1) is 10.5. The molecule has 8 heteroatoms. The molecule has 126 valence electrons. The van der Waals surface area contributed by atoms with E-state index in [2.05, 4.69) is 16.1 Å². The number of carbonyl (C=O) groups is 1. The molecule has 0 aliphatic heterocycles. The normalized spacial score (nSPS) is 10.0. The van der Waals surface area contributed by atoms with Gasteiger partial charge in [0.15, 0.2) is 0 Å². The first kappa shape index (κ1) is 24.8. The summed E-state index contributed by atoms with van der Waals surface area (Å²) in [5, 5.41) is 0. The number of rotatable bonds is 9. The quantitative estimate of drug-likeness (QED) is 0.159. The minimum atomic E-state index is -4.95. The van der Waals surface area contributed by atoms with E-state index in [1.807, 2.05) is 36.4 Å². The molecule has 0 spiro atoms. The molecule has 0 aliphatic rings. The van der Waals surface area contributed by atoms with Crippen LogP contribution in [0.3, 0.4) is 0 Å². The van der Waals surface area contributed by atoms with Crippen molar-refractivity contribution >= 4 is 16.4 Å². The average molecular weight is 354 g/mol. The van der Waals surface area contributed by atoms with E-state index >= 15 is 0 Å². The Morgan fingerprint density at radius 1 is 0.913 bits per heavy atom. The van der Waals surface area contributed by atoms with Gasteiger partial charge in [-0.3, -0.25) is 4.89 Å². The summed E-state index contributed by atoms with van der Waals surface area (Å²) in [5.41, 5.74) is 0. The van der Waals surface area contributed by atoms with E-state index in [1.165, 1.54) is 6.42 Å². The molecule has 0 saturated heterocycles. The Hall–Kier alpha value is -0.440. The standard InChI is InChI=1S/C9H18O6S.C6H6.Na/c1-2-3-4-5-6-7-8-9(10)14-15-16(11,12)13;1-2-4-6-5-3-1;/h2-8H2,1H3,(H,11,12,13);1-6H;/q;;+1/p-1. The Kier molecular flexibility index (Phi) is 17.7. The Labute approximate surface area is 160 Å². The summed E-state index contributed by atoms with van der Waals surface area (Å²) in [6, 6.07) is 12.0. The maximum absolute atomic E-state index is 10.8. The van der Waals surface area contributed by atoms with Crippen molar-refractivity contribution in [2.75, 3.05) is 0 Å². The molecule has 1 rings (SSSR count). The van der Waals surface area contributed by atoms with Gasteiger partial charge in [-0.2, -0.15) is 0 Å². The van der Waals surface area contributed by atoms with E-state index in [0.717, 1.165) is 25.7 Å². The van der Waals surface area contributed by atoms with Gasteiger partial charge < -0.3 is 4.55 Å². The summed E-state index contributed by atoms with van der Waals surface area (Å²) >= 11 is 0. The number of hydrogen-bond acceptors (Lipinski definition) is 6. The van der Waals surface area contributed by atoms with Crippen LogP contribution in [0.1, 0.15) is 51.9 Å². The summed E-state index contributed by atoms with van der Waals surface area (Å²) in [6.07, 6.45) is 6.00. The van der Waals surface area contributed by atoms with Crippen molar-refractivity contribution < 1.29 is 56.5 Å². The number of benzene rings is 1. The monoisotopic (exact) mass is 354 g/mol. The molecule has 0 amide bonds. The van der Waals surface area contributed by atoms with Crippen LogP contribution in [0.5, 0.6) is 0 Å². The largest absolute Gasteiger partial charge is 1.00 e. The predicted molar refractivity (Wildman–Crippen MR) is 81.3 cm³/mol. The van der Waals surface area contributed by atoms with Crippen molar-refractivity contribution in [1.82, 2.24) is 0 Å². The summed E-state index contributed by atoms with van der Waals surface area (Å²) in [7, 11) is -4.95. The van der Waals surface area contributed by atoms with E-state index in [0.29, 0.717) is 6.42 Å². The maximum Gasteiger partial charge on any atom is 1.00 e.